The van der Waals surface area contributed by atoms with Crippen LogP contribution in [0.15, 0.2) is 53.1 Å². The smallest absolute Gasteiger partial charge is 0.317 e. The van der Waals surface area contributed by atoms with Gasteiger partial charge in [0.2, 0.25) is 11.7 Å². The maximum absolute atomic E-state index is 12.5. The molecule has 2 amide bonds. The Balaban J connectivity index is 1.15. The minimum atomic E-state index is 0.0136. The van der Waals surface area contributed by atoms with Crippen LogP contribution in [0.25, 0.3) is 11.4 Å². The normalized spacial score (nSPS) is 14.5. The molecule has 2 aromatic carbocycles. The van der Waals surface area contributed by atoms with Crippen molar-refractivity contribution in [3.63, 3.8) is 0 Å². The van der Waals surface area contributed by atoms with Crippen molar-refractivity contribution in [3.05, 3.63) is 71.1 Å². The number of nitrogens with zero attached hydrogens (tertiary/aromatic N) is 4. The number of benzene rings is 2. The Morgan fingerprint density at radius 1 is 0.969 bits per heavy atom. The summed E-state index contributed by atoms with van der Waals surface area (Å²) in [6.45, 7) is 8.91. The van der Waals surface area contributed by atoms with Crippen molar-refractivity contribution in [1.82, 2.24) is 25.3 Å². The van der Waals surface area contributed by atoms with Gasteiger partial charge in [-0.2, -0.15) is 4.98 Å². The van der Waals surface area contributed by atoms with Crippen LogP contribution in [0.5, 0.6) is 0 Å². The second kappa shape index (κ2) is 10.4. The number of carbonyl (C=O) groups excluding carboxylic acids is 1. The minimum absolute atomic E-state index is 0.0136. The molecule has 32 heavy (non-hydrogen) atoms. The van der Waals surface area contributed by atoms with Gasteiger partial charge in [0.25, 0.3) is 0 Å². The Morgan fingerprint density at radius 2 is 1.62 bits per heavy atom. The molecule has 7 heteroatoms. The zero-order valence-electron chi connectivity index (χ0n) is 18.9. The van der Waals surface area contributed by atoms with Crippen LogP contribution < -0.4 is 5.32 Å². The molecule has 0 spiro atoms. The third kappa shape index (κ3) is 5.95. The van der Waals surface area contributed by atoms with Gasteiger partial charge in [0.1, 0.15) is 0 Å². The Morgan fingerprint density at radius 3 is 2.31 bits per heavy atom. The lowest BCUT2D eigenvalue weighted by Gasteiger charge is -2.34. The highest BCUT2D eigenvalue weighted by Gasteiger charge is 2.20. The van der Waals surface area contributed by atoms with E-state index in [1.807, 2.05) is 29.2 Å². The number of urea groups is 1. The lowest BCUT2D eigenvalue weighted by molar-refractivity contribution is 0.138. The fourth-order valence-electron chi connectivity index (χ4n) is 3.80. The Labute approximate surface area is 189 Å². The van der Waals surface area contributed by atoms with Crippen molar-refractivity contribution >= 4 is 6.03 Å². The molecule has 1 aliphatic rings. The standard InChI is InChI=1S/C25H31N5O2/c1-19-5-9-21(10-6-19)18-26-25(31)30-16-14-29(15-17-30)13-3-4-23-27-24(28-32-23)22-11-7-20(2)8-12-22/h5-12H,3-4,13-18H2,1-2H3,(H,26,31). The largest absolute Gasteiger partial charge is 0.339 e. The molecule has 1 fully saturated rings. The summed E-state index contributed by atoms with van der Waals surface area (Å²) in [5.74, 6) is 1.32. The summed E-state index contributed by atoms with van der Waals surface area (Å²) in [6, 6.07) is 16.4. The van der Waals surface area contributed by atoms with E-state index in [0.29, 0.717) is 18.3 Å². The van der Waals surface area contributed by atoms with E-state index in [1.54, 1.807) is 0 Å². The van der Waals surface area contributed by atoms with E-state index < -0.39 is 0 Å². The average molecular weight is 434 g/mol. The van der Waals surface area contributed by atoms with Crippen LogP contribution in [0, 0.1) is 13.8 Å². The van der Waals surface area contributed by atoms with Crippen molar-refractivity contribution in [2.24, 2.45) is 0 Å². The molecule has 0 radical (unpaired) electrons. The number of carbonyl (C=O) groups is 1. The summed E-state index contributed by atoms with van der Waals surface area (Å²) in [7, 11) is 0. The van der Waals surface area contributed by atoms with Gasteiger partial charge in [-0.3, -0.25) is 4.90 Å². The van der Waals surface area contributed by atoms with Gasteiger partial charge < -0.3 is 14.7 Å². The number of nitrogens with one attached hydrogen (secondary N) is 1. The monoisotopic (exact) mass is 433 g/mol. The van der Waals surface area contributed by atoms with Crippen LogP contribution in [-0.2, 0) is 13.0 Å². The number of hydrogen-bond donors (Lipinski definition) is 1. The zero-order valence-corrected chi connectivity index (χ0v) is 18.9. The summed E-state index contributed by atoms with van der Waals surface area (Å²) in [4.78, 5) is 21.3. The van der Waals surface area contributed by atoms with Gasteiger partial charge >= 0.3 is 6.03 Å². The highest BCUT2D eigenvalue weighted by molar-refractivity contribution is 5.74. The lowest BCUT2D eigenvalue weighted by atomic mass is 10.1. The third-order valence-electron chi connectivity index (χ3n) is 5.87. The molecule has 1 aromatic heterocycles. The molecule has 1 N–H and O–H groups in total. The van der Waals surface area contributed by atoms with Gasteiger partial charge in [-0.15, -0.1) is 0 Å². The SMILES string of the molecule is Cc1ccc(CNC(=O)N2CCN(CCCc3nc(-c4ccc(C)cc4)no3)CC2)cc1. The van der Waals surface area contributed by atoms with Crippen molar-refractivity contribution < 1.29 is 9.32 Å². The molecule has 1 saturated heterocycles. The molecule has 0 atom stereocenters. The molecular weight excluding hydrogens is 402 g/mol. The first-order valence-corrected chi connectivity index (χ1v) is 11.3. The summed E-state index contributed by atoms with van der Waals surface area (Å²) in [6.07, 6.45) is 1.71. The topological polar surface area (TPSA) is 74.5 Å². The maximum atomic E-state index is 12.5. The summed E-state index contributed by atoms with van der Waals surface area (Å²) < 4.78 is 5.42. The zero-order chi connectivity index (χ0) is 22.3. The minimum Gasteiger partial charge on any atom is -0.339 e. The van der Waals surface area contributed by atoms with Gasteiger partial charge in [0.15, 0.2) is 0 Å². The number of amides is 2. The Kier molecular flexibility index (Phi) is 7.17. The third-order valence-corrected chi connectivity index (χ3v) is 5.87. The fourth-order valence-corrected chi connectivity index (χ4v) is 3.80. The molecule has 168 valence electrons. The number of hydrogen-bond acceptors (Lipinski definition) is 5. The van der Waals surface area contributed by atoms with Gasteiger partial charge in [-0.05, 0) is 32.4 Å². The van der Waals surface area contributed by atoms with Crippen LogP contribution in [-0.4, -0.2) is 58.7 Å². The van der Waals surface area contributed by atoms with Crippen LogP contribution in [0.2, 0.25) is 0 Å². The number of aromatic nitrogens is 2. The number of piperazine rings is 1. The van der Waals surface area contributed by atoms with E-state index in [0.717, 1.165) is 56.7 Å². The van der Waals surface area contributed by atoms with Crippen molar-refractivity contribution in [2.45, 2.75) is 33.2 Å². The van der Waals surface area contributed by atoms with E-state index in [-0.39, 0.29) is 6.03 Å². The molecule has 7 nitrogen and oxygen atoms in total. The Hall–Kier alpha value is -3.19. The number of aryl methyl sites for hydroxylation is 3. The van der Waals surface area contributed by atoms with E-state index >= 15 is 0 Å². The highest BCUT2D eigenvalue weighted by Crippen LogP contribution is 2.17. The molecular formula is C25H31N5O2. The fraction of sp³-hybridized carbons (Fsp3) is 0.400. The maximum Gasteiger partial charge on any atom is 0.317 e. The van der Waals surface area contributed by atoms with E-state index in [4.69, 9.17) is 4.52 Å². The van der Waals surface area contributed by atoms with E-state index in [2.05, 4.69) is 58.5 Å². The van der Waals surface area contributed by atoms with Crippen molar-refractivity contribution in [2.75, 3.05) is 32.7 Å². The molecule has 0 bridgehead atoms. The molecule has 2 heterocycles. The van der Waals surface area contributed by atoms with Crippen LogP contribution >= 0.6 is 0 Å². The first-order valence-electron chi connectivity index (χ1n) is 11.3. The quantitative estimate of drug-likeness (QED) is 0.613. The molecule has 0 saturated carbocycles. The molecule has 1 aliphatic heterocycles. The molecule has 0 unspecified atom stereocenters. The van der Waals surface area contributed by atoms with Gasteiger partial charge in [0, 0.05) is 44.7 Å². The van der Waals surface area contributed by atoms with Crippen molar-refractivity contribution in [3.8, 4) is 11.4 Å². The highest BCUT2D eigenvalue weighted by atomic mass is 16.5. The predicted molar refractivity (Wildman–Crippen MR) is 124 cm³/mol. The van der Waals surface area contributed by atoms with Crippen LogP contribution in [0.4, 0.5) is 4.79 Å². The van der Waals surface area contributed by atoms with Gasteiger partial charge in [-0.25, -0.2) is 4.79 Å². The van der Waals surface area contributed by atoms with Crippen molar-refractivity contribution in [1.29, 1.82) is 0 Å². The Bertz CT molecular complexity index is 1010. The summed E-state index contributed by atoms with van der Waals surface area (Å²) in [5, 5.41) is 7.13. The first-order chi connectivity index (χ1) is 15.6. The molecule has 4 rings (SSSR count). The van der Waals surface area contributed by atoms with E-state index in [1.165, 1.54) is 11.1 Å². The van der Waals surface area contributed by atoms with Crippen LogP contribution in [0.3, 0.4) is 0 Å². The number of rotatable bonds is 7. The lowest BCUT2D eigenvalue weighted by Crippen LogP contribution is -2.51. The van der Waals surface area contributed by atoms with Crippen LogP contribution in [0.1, 0.15) is 29.0 Å². The van der Waals surface area contributed by atoms with Gasteiger partial charge in [0.05, 0.1) is 0 Å². The van der Waals surface area contributed by atoms with Gasteiger partial charge in [-0.1, -0.05) is 64.8 Å². The van der Waals surface area contributed by atoms with E-state index in [9.17, 15) is 4.79 Å². The predicted octanol–water partition coefficient (Wildman–Crippen LogP) is 3.81. The summed E-state index contributed by atoms with van der Waals surface area (Å²) in [5.41, 5.74) is 4.53. The first kappa shape index (κ1) is 22.0. The second-order valence-electron chi connectivity index (χ2n) is 8.45. The molecule has 0 aliphatic carbocycles. The summed E-state index contributed by atoms with van der Waals surface area (Å²) >= 11 is 0. The molecule has 3 aromatic rings. The average Bonchev–Trinajstić information content (AvgIpc) is 3.28. The second-order valence-corrected chi connectivity index (χ2v) is 8.45.